The number of benzene rings is 1. The Morgan fingerprint density at radius 3 is 2.89 bits per heavy atom. The van der Waals surface area contributed by atoms with Gasteiger partial charge in [0.1, 0.15) is 5.75 Å². The number of thiophene rings is 1. The summed E-state index contributed by atoms with van der Waals surface area (Å²) in [4.78, 5) is 5.61. The zero-order chi connectivity index (χ0) is 13.1. The molecule has 0 aliphatic heterocycles. The molecule has 2 aromatic heterocycles. The van der Waals surface area contributed by atoms with Crippen molar-refractivity contribution in [2.75, 3.05) is 6.61 Å². The average Bonchev–Trinajstić information content (AvgIpc) is 3.11. The van der Waals surface area contributed by atoms with Crippen LogP contribution in [0.2, 0.25) is 0 Å². The monoisotopic (exact) mass is 271 g/mol. The van der Waals surface area contributed by atoms with Crippen molar-refractivity contribution in [2.24, 2.45) is 0 Å². The van der Waals surface area contributed by atoms with Gasteiger partial charge in [-0.2, -0.15) is 5.10 Å². The molecule has 0 bridgehead atoms. The Morgan fingerprint density at radius 1 is 1.21 bits per heavy atom. The molecule has 0 spiro atoms. The molecule has 0 saturated heterocycles. The van der Waals surface area contributed by atoms with Crippen LogP contribution in [0.3, 0.4) is 0 Å². The first-order valence-corrected chi connectivity index (χ1v) is 6.95. The lowest BCUT2D eigenvalue weighted by Gasteiger charge is -2.06. The SMILES string of the molecule is CCOc1ccccc1-c1n[nH]c(-c2cccs2)n1. The Balaban J connectivity index is 1.99. The van der Waals surface area contributed by atoms with Crippen LogP contribution in [0.5, 0.6) is 5.75 Å². The summed E-state index contributed by atoms with van der Waals surface area (Å²) in [5.41, 5.74) is 0.906. The summed E-state index contributed by atoms with van der Waals surface area (Å²) in [5, 5.41) is 9.27. The van der Waals surface area contributed by atoms with Crippen LogP contribution in [0.4, 0.5) is 0 Å². The maximum atomic E-state index is 5.60. The fourth-order valence-corrected chi connectivity index (χ4v) is 2.50. The summed E-state index contributed by atoms with van der Waals surface area (Å²) in [5.74, 6) is 2.26. The van der Waals surface area contributed by atoms with E-state index in [-0.39, 0.29) is 0 Å². The quantitative estimate of drug-likeness (QED) is 0.788. The van der Waals surface area contributed by atoms with Crippen LogP contribution >= 0.6 is 11.3 Å². The molecule has 1 N–H and O–H groups in total. The molecule has 4 nitrogen and oxygen atoms in total. The molecule has 0 unspecified atom stereocenters. The summed E-state index contributed by atoms with van der Waals surface area (Å²) in [6, 6.07) is 11.8. The van der Waals surface area contributed by atoms with Crippen molar-refractivity contribution in [3.63, 3.8) is 0 Å². The van der Waals surface area contributed by atoms with Gasteiger partial charge in [-0.1, -0.05) is 18.2 Å². The van der Waals surface area contributed by atoms with Crippen LogP contribution in [0.25, 0.3) is 22.1 Å². The smallest absolute Gasteiger partial charge is 0.185 e. The number of ether oxygens (including phenoxy) is 1. The maximum absolute atomic E-state index is 5.60. The van der Waals surface area contributed by atoms with E-state index in [1.807, 2.05) is 48.7 Å². The van der Waals surface area contributed by atoms with Crippen molar-refractivity contribution in [1.82, 2.24) is 15.2 Å². The first kappa shape index (κ1) is 11.9. The molecular formula is C14H13N3OS. The predicted molar refractivity (Wildman–Crippen MR) is 76.3 cm³/mol. The van der Waals surface area contributed by atoms with Gasteiger partial charge in [0.2, 0.25) is 0 Å². The minimum atomic E-state index is 0.624. The lowest BCUT2D eigenvalue weighted by molar-refractivity contribution is 0.341. The molecule has 96 valence electrons. The lowest BCUT2D eigenvalue weighted by Crippen LogP contribution is -1.94. The molecule has 3 aromatic rings. The van der Waals surface area contributed by atoms with Gasteiger partial charge in [-0.3, -0.25) is 5.10 Å². The summed E-state index contributed by atoms with van der Waals surface area (Å²) >= 11 is 1.63. The van der Waals surface area contributed by atoms with E-state index < -0.39 is 0 Å². The number of H-pyrrole nitrogens is 1. The Morgan fingerprint density at radius 2 is 2.11 bits per heavy atom. The molecule has 2 heterocycles. The van der Waals surface area contributed by atoms with E-state index in [2.05, 4.69) is 15.2 Å². The van der Waals surface area contributed by atoms with Crippen LogP contribution in [0, 0.1) is 0 Å². The summed E-state index contributed by atoms with van der Waals surface area (Å²) in [6.45, 7) is 2.59. The summed E-state index contributed by atoms with van der Waals surface area (Å²) in [7, 11) is 0. The molecular weight excluding hydrogens is 258 g/mol. The van der Waals surface area contributed by atoms with Gasteiger partial charge in [0.15, 0.2) is 11.6 Å². The largest absolute Gasteiger partial charge is 0.493 e. The number of hydrogen-bond donors (Lipinski definition) is 1. The van der Waals surface area contributed by atoms with Crippen molar-refractivity contribution in [1.29, 1.82) is 0 Å². The molecule has 19 heavy (non-hydrogen) atoms. The van der Waals surface area contributed by atoms with Crippen LogP contribution in [-0.2, 0) is 0 Å². The first-order valence-electron chi connectivity index (χ1n) is 6.07. The van der Waals surface area contributed by atoms with Crippen LogP contribution < -0.4 is 4.74 Å². The lowest BCUT2D eigenvalue weighted by atomic mass is 10.2. The molecule has 0 amide bonds. The van der Waals surface area contributed by atoms with Crippen molar-refractivity contribution in [3.8, 4) is 27.8 Å². The van der Waals surface area contributed by atoms with Gasteiger partial charge in [0.25, 0.3) is 0 Å². The molecule has 0 saturated carbocycles. The normalized spacial score (nSPS) is 10.6. The third-order valence-corrected chi connectivity index (χ3v) is 3.54. The van der Waals surface area contributed by atoms with E-state index in [0.717, 1.165) is 22.0 Å². The fourth-order valence-electron chi connectivity index (χ4n) is 1.84. The van der Waals surface area contributed by atoms with Gasteiger partial charge in [-0.25, -0.2) is 4.98 Å². The molecule has 0 radical (unpaired) electrons. The number of rotatable bonds is 4. The summed E-state index contributed by atoms with van der Waals surface area (Å²) in [6.07, 6.45) is 0. The Hall–Kier alpha value is -2.14. The van der Waals surface area contributed by atoms with E-state index in [1.165, 1.54) is 0 Å². The molecule has 0 fully saturated rings. The highest BCUT2D eigenvalue weighted by Crippen LogP contribution is 2.29. The molecule has 3 rings (SSSR count). The van der Waals surface area contributed by atoms with Crippen LogP contribution in [0.15, 0.2) is 41.8 Å². The third kappa shape index (κ3) is 2.37. The second-order valence-corrected chi connectivity index (χ2v) is 4.86. The molecule has 0 atom stereocenters. The zero-order valence-corrected chi connectivity index (χ0v) is 11.3. The number of aromatic amines is 1. The van der Waals surface area contributed by atoms with E-state index in [4.69, 9.17) is 4.74 Å². The zero-order valence-electron chi connectivity index (χ0n) is 10.5. The fraction of sp³-hybridized carbons (Fsp3) is 0.143. The molecule has 5 heteroatoms. The number of aromatic nitrogens is 3. The van der Waals surface area contributed by atoms with Crippen molar-refractivity contribution in [3.05, 3.63) is 41.8 Å². The second-order valence-electron chi connectivity index (χ2n) is 3.91. The highest BCUT2D eigenvalue weighted by molar-refractivity contribution is 7.13. The standard InChI is InChI=1S/C14H13N3OS/c1-2-18-11-7-4-3-6-10(11)13-15-14(17-16-13)12-8-5-9-19-12/h3-9H,2H2,1H3,(H,15,16,17). The maximum Gasteiger partial charge on any atom is 0.185 e. The highest BCUT2D eigenvalue weighted by Gasteiger charge is 2.12. The minimum absolute atomic E-state index is 0.624. The average molecular weight is 271 g/mol. The van der Waals surface area contributed by atoms with Crippen molar-refractivity contribution >= 4 is 11.3 Å². The van der Waals surface area contributed by atoms with Crippen LogP contribution in [-0.4, -0.2) is 21.8 Å². The van der Waals surface area contributed by atoms with Gasteiger partial charge in [-0.15, -0.1) is 11.3 Å². The topological polar surface area (TPSA) is 50.8 Å². The van der Waals surface area contributed by atoms with Gasteiger partial charge in [0, 0.05) is 0 Å². The Labute approximate surface area is 115 Å². The third-order valence-electron chi connectivity index (χ3n) is 2.67. The van der Waals surface area contributed by atoms with Crippen molar-refractivity contribution < 1.29 is 4.74 Å². The van der Waals surface area contributed by atoms with Gasteiger partial charge in [0.05, 0.1) is 17.0 Å². The Kier molecular flexibility index (Phi) is 3.29. The number of nitrogens with zero attached hydrogens (tertiary/aromatic N) is 2. The molecule has 1 aromatic carbocycles. The minimum Gasteiger partial charge on any atom is -0.493 e. The summed E-state index contributed by atoms with van der Waals surface area (Å²) < 4.78 is 5.60. The van der Waals surface area contributed by atoms with Gasteiger partial charge >= 0.3 is 0 Å². The number of para-hydroxylation sites is 1. The first-order chi connectivity index (χ1) is 9.38. The second kappa shape index (κ2) is 5.24. The van der Waals surface area contributed by atoms with Crippen molar-refractivity contribution in [2.45, 2.75) is 6.92 Å². The predicted octanol–water partition coefficient (Wildman–Crippen LogP) is 3.60. The van der Waals surface area contributed by atoms with Gasteiger partial charge in [-0.05, 0) is 30.5 Å². The van der Waals surface area contributed by atoms with E-state index in [1.54, 1.807) is 11.3 Å². The number of nitrogens with one attached hydrogen (secondary N) is 1. The van der Waals surface area contributed by atoms with Gasteiger partial charge < -0.3 is 4.74 Å². The molecule has 0 aliphatic carbocycles. The van der Waals surface area contributed by atoms with E-state index in [0.29, 0.717) is 12.4 Å². The number of hydrogen-bond acceptors (Lipinski definition) is 4. The van der Waals surface area contributed by atoms with E-state index >= 15 is 0 Å². The van der Waals surface area contributed by atoms with Crippen LogP contribution in [0.1, 0.15) is 6.92 Å². The Bertz CT molecular complexity index is 661. The molecule has 0 aliphatic rings. The highest BCUT2D eigenvalue weighted by atomic mass is 32.1. The van der Waals surface area contributed by atoms with E-state index in [9.17, 15) is 0 Å².